The minimum absolute atomic E-state index is 0.209. The number of thiocarbonyl (C=S) groups is 1. The van der Waals surface area contributed by atoms with E-state index in [0.29, 0.717) is 26.1 Å². The second kappa shape index (κ2) is 7.27. The van der Waals surface area contributed by atoms with Crippen LogP contribution in [0.4, 0.5) is 0 Å². The molecule has 0 atom stereocenters. The van der Waals surface area contributed by atoms with Crippen LogP contribution >= 0.6 is 24.0 Å². The molecule has 0 unspecified atom stereocenters. The quantitative estimate of drug-likeness (QED) is 0.364. The zero-order chi connectivity index (χ0) is 19.8. The van der Waals surface area contributed by atoms with E-state index in [0.717, 1.165) is 22.1 Å². The van der Waals surface area contributed by atoms with Gasteiger partial charge in [-0.3, -0.25) is 9.78 Å². The molecule has 0 radical (unpaired) electrons. The van der Waals surface area contributed by atoms with Gasteiger partial charge in [0.05, 0.1) is 10.5 Å². The molecule has 4 rings (SSSR count). The predicted octanol–water partition coefficient (Wildman–Crippen LogP) is 4.64. The summed E-state index contributed by atoms with van der Waals surface area (Å²) in [5.41, 5.74) is 5.90. The first-order chi connectivity index (χ1) is 13.4. The van der Waals surface area contributed by atoms with E-state index in [-0.39, 0.29) is 5.91 Å². The van der Waals surface area contributed by atoms with Gasteiger partial charge in [0.25, 0.3) is 5.91 Å². The molecule has 0 aliphatic carbocycles. The number of nitrogens with zero attached hydrogens (tertiary/aromatic N) is 1. The number of aromatic nitrogens is 1. The summed E-state index contributed by atoms with van der Waals surface area (Å²) in [6.07, 6.45) is 5.10. The largest absolute Gasteiger partial charge is 0.455 e. The van der Waals surface area contributed by atoms with Crippen molar-refractivity contribution in [2.24, 2.45) is 0 Å². The van der Waals surface area contributed by atoms with Crippen molar-refractivity contribution in [1.82, 2.24) is 10.3 Å². The molecular weight excluding hydrogens is 388 g/mol. The first kappa shape index (κ1) is 18.5. The van der Waals surface area contributed by atoms with Crippen LogP contribution in [0.15, 0.2) is 39.9 Å². The lowest BCUT2D eigenvalue weighted by molar-refractivity contribution is -0.115. The molecule has 1 saturated heterocycles. The summed E-state index contributed by atoms with van der Waals surface area (Å²) in [7, 11) is 0. The van der Waals surface area contributed by atoms with E-state index in [2.05, 4.69) is 55.0 Å². The number of hydrogen-bond donors (Lipinski definition) is 1. The number of rotatable bonds is 1. The molecule has 0 spiro atoms. The normalized spacial score (nSPS) is 15.0. The van der Waals surface area contributed by atoms with E-state index in [1.54, 1.807) is 18.5 Å². The monoisotopic (exact) mass is 404 g/mol. The number of nitrogens with one attached hydrogen (secondary N) is 1. The van der Waals surface area contributed by atoms with Gasteiger partial charge in [0.2, 0.25) is 0 Å². The fourth-order valence-electron chi connectivity index (χ4n) is 3.20. The summed E-state index contributed by atoms with van der Waals surface area (Å²) in [5.74, 6) is 6.81. The zero-order valence-corrected chi connectivity index (χ0v) is 17.2. The fourth-order valence-corrected chi connectivity index (χ4v) is 4.22. The van der Waals surface area contributed by atoms with Gasteiger partial charge in [-0.25, -0.2) is 0 Å². The molecule has 3 heterocycles. The maximum Gasteiger partial charge on any atom is 0.263 e. The molecule has 0 bridgehead atoms. The van der Waals surface area contributed by atoms with Crippen molar-refractivity contribution in [1.29, 1.82) is 0 Å². The highest BCUT2D eigenvalue weighted by atomic mass is 32.2. The third-order valence-electron chi connectivity index (χ3n) is 4.36. The van der Waals surface area contributed by atoms with Crippen molar-refractivity contribution >= 4 is 51.3 Å². The third kappa shape index (κ3) is 3.59. The van der Waals surface area contributed by atoms with E-state index < -0.39 is 0 Å². The Morgan fingerprint density at radius 1 is 1.14 bits per heavy atom. The van der Waals surface area contributed by atoms with Crippen molar-refractivity contribution < 1.29 is 9.21 Å². The van der Waals surface area contributed by atoms with E-state index in [4.69, 9.17) is 16.6 Å². The number of fused-ring (bicyclic) bond motifs is 1. The van der Waals surface area contributed by atoms with Crippen LogP contribution in [-0.4, -0.2) is 15.2 Å². The van der Waals surface area contributed by atoms with Gasteiger partial charge in [-0.15, -0.1) is 0 Å². The van der Waals surface area contributed by atoms with Crippen LogP contribution in [0.1, 0.15) is 33.6 Å². The number of benzene rings is 1. The Bertz CT molecular complexity index is 1220. The molecule has 1 N–H and O–H groups in total. The molecule has 0 saturated carbocycles. The first-order valence-corrected chi connectivity index (χ1v) is 9.85. The lowest BCUT2D eigenvalue weighted by Crippen LogP contribution is -2.17. The maximum atomic E-state index is 11.9. The number of furan rings is 1. The van der Waals surface area contributed by atoms with Crippen LogP contribution in [0.5, 0.6) is 0 Å². The van der Waals surface area contributed by atoms with Crippen LogP contribution < -0.4 is 5.32 Å². The van der Waals surface area contributed by atoms with Gasteiger partial charge in [0.15, 0.2) is 5.58 Å². The van der Waals surface area contributed by atoms with E-state index in [1.807, 2.05) is 6.07 Å². The summed E-state index contributed by atoms with van der Waals surface area (Å²) in [4.78, 5) is 16.6. The molecule has 6 heteroatoms. The number of carbonyl (C=O) groups excluding carboxylic acids is 1. The lowest BCUT2D eigenvalue weighted by Gasteiger charge is -2.04. The van der Waals surface area contributed by atoms with Gasteiger partial charge in [-0.2, -0.15) is 0 Å². The summed E-state index contributed by atoms with van der Waals surface area (Å²) in [5, 5.41) is 3.43. The smallest absolute Gasteiger partial charge is 0.263 e. The van der Waals surface area contributed by atoms with Gasteiger partial charge in [0.1, 0.15) is 10.1 Å². The van der Waals surface area contributed by atoms with Crippen LogP contribution in [0.2, 0.25) is 0 Å². The standard InChI is InChI=1S/C22H16N2O2S2/c1-12-6-13(2)18(14(3)7-12)5-4-15-10-23-11-16-8-17(26-20(15)16)9-19-21(25)24-22(27)28-19/h6-11H,1-3H3,(H,24,25,27)/b19-9-. The number of amides is 1. The van der Waals surface area contributed by atoms with E-state index in [9.17, 15) is 4.79 Å². The Balaban J connectivity index is 1.75. The highest BCUT2D eigenvalue weighted by molar-refractivity contribution is 8.26. The Hall–Kier alpha value is -2.88. The Morgan fingerprint density at radius 3 is 2.57 bits per heavy atom. The zero-order valence-electron chi connectivity index (χ0n) is 15.5. The molecule has 3 aromatic rings. The van der Waals surface area contributed by atoms with Crippen molar-refractivity contribution in [3.63, 3.8) is 0 Å². The summed E-state index contributed by atoms with van der Waals surface area (Å²) < 4.78 is 6.41. The van der Waals surface area contributed by atoms with Gasteiger partial charge in [0, 0.05) is 29.4 Å². The van der Waals surface area contributed by atoms with Crippen molar-refractivity contribution in [2.45, 2.75) is 20.8 Å². The molecular formula is C22H16N2O2S2. The maximum absolute atomic E-state index is 11.9. The van der Waals surface area contributed by atoms with Crippen LogP contribution in [0.3, 0.4) is 0 Å². The summed E-state index contributed by atoms with van der Waals surface area (Å²) in [6, 6.07) is 6.10. The highest BCUT2D eigenvalue weighted by Crippen LogP contribution is 2.29. The van der Waals surface area contributed by atoms with Crippen LogP contribution in [0, 0.1) is 32.6 Å². The van der Waals surface area contributed by atoms with Gasteiger partial charge in [-0.1, -0.05) is 53.5 Å². The molecule has 4 nitrogen and oxygen atoms in total. The number of thioether (sulfide) groups is 1. The SMILES string of the molecule is Cc1cc(C)c(C#Cc2cncc3cc(/C=C4\SC(=S)NC4=O)oc23)c(C)c1. The molecule has 1 aromatic carbocycles. The Labute approximate surface area is 172 Å². The first-order valence-electron chi connectivity index (χ1n) is 8.63. The molecule has 28 heavy (non-hydrogen) atoms. The minimum atomic E-state index is -0.209. The number of hydrogen-bond acceptors (Lipinski definition) is 5. The molecule has 1 fully saturated rings. The van der Waals surface area contributed by atoms with Crippen LogP contribution in [-0.2, 0) is 4.79 Å². The number of aryl methyl sites for hydroxylation is 3. The van der Waals surface area contributed by atoms with Crippen molar-refractivity contribution in [3.8, 4) is 11.8 Å². The van der Waals surface area contributed by atoms with Gasteiger partial charge < -0.3 is 9.73 Å². The highest BCUT2D eigenvalue weighted by Gasteiger charge is 2.22. The average Bonchev–Trinajstić information content (AvgIpc) is 3.16. The molecule has 1 amide bonds. The van der Waals surface area contributed by atoms with Crippen molar-refractivity contribution in [2.75, 3.05) is 0 Å². The Kier molecular flexibility index (Phi) is 4.80. The number of carbonyl (C=O) groups is 1. The van der Waals surface area contributed by atoms with E-state index >= 15 is 0 Å². The topological polar surface area (TPSA) is 55.1 Å². The fraction of sp³-hybridized carbons (Fsp3) is 0.136. The average molecular weight is 405 g/mol. The van der Waals surface area contributed by atoms with Gasteiger partial charge >= 0.3 is 0 Å². The second-order valence-electron chi connectivity index (χ2n) is 6.63. The third-order valence-corrected chi connectivity index (χ3v) is 5.52. The molecule has 2 aromatic heterocycles. The molecule has 1 aliphatic rings. The van der Waals surface area contributed by atoms with Crippen molar-refractivity contribution in [3.05, 3.63) is 69.1 Å². The number of pyridine rings is 1. The predicted molar refractivity (Wildman–Crippen MR) is 117 cm³/mol. The lowest BCUT2D eigenvalue weighted by atomic mass is 10.00. The summed E-state index contributed by atoms with van der Waals surface area (Å²) >= 11 is 6.24. The van der Waals surface area contributed by atoms with Gasteiger partial charge in [-0.05, 0) is 38.0 Å². The molecule has 1 aliphatic heterocycles. The van der Waals surface area contributed by atoms with Crippen LogP contribution in [0.25, 0.3) is 17.0 Å². The second-order valence-corrected chi connectivity index (χ2v) is 8.35. The molecule has 138 valence electrons. The Morgan fingerprint density at radius 2 is 1.89 bits per heavy atom. The summed E-state index contributed by atoms with van der Waals surface area (Å²) in [6.45, 7) is 6.21. The minimum Gasteiger partial charge on any atom is -0.455 e. The van der Waals surface area contributed by atoms with E-state index in [1.165, 1.54) is 17.3 Å².